The van der Waals surface area contributed by atoms with Crippen LogP contribution in [0, 0.1) is 0 Å². The maximum atomic E-state index is 9.10. The lowest BCUT2D eigenvalue weighted by atomic mass is 10.3. The third-order valence-electron chi connectivity index (χ3n) is 2.25. The summed E-state index contributed by atoms with van der Waals surface area (Å²) in [4.78, 5) is 4.30. The molecule has 1 N–H and O–H groups in total. The monoisotopic (exact) mass is 210 g/mol. The number of aliphatic hydroxyl groups is 1. The lowest BCUT2D eigenvalue weighted by Crippen LogP contribution is -2.00. The van der Waals surface area contributed by atoms with Gasteiger partial charge in [0, 0.05) is 11.6 Å². The topological polar surface area (TPSA) is 38.0 Å². The molecule has 0 saturated heterocycles. The quantitative estimate of drug-likeness (QED) is 0.825. The average Bonchev–Trinajstić information content (AvgIpc) is 2.54. The molecule has 1 heterocycles. The maximum absolute atomic E-state index is 9.10. The molecule has 0 aliphatic carbocycles. The summed E-state index contributed by atoms with van der Waals surface area (Å²) in [6.45, 7) is 2.76. The summed E-state index contributed by atoms with van der Waals surface area (Å²) in [5, 5.41) is 9.79. The summed E-state index contributed by atoms with van der Waals surface area (Å²) in [6, 6.07) is 5.54. The fourth-order valence-corrected chi connectivity index (χ4v) is 1.79. The van der Waals surface area contributed by atoms with Crippen molar-refractivity contribution in [1.29, 1.82) is 0 Å². The van der Waals surface area contributed by atoms with Gasteiger partial charge >= 0.3 is 0 Å². The lowest BCUT2D eigenvalue weighted by Gasteiger charge is -2.02. The Morgan fingerprint density at radius 1 is 1.50 bits per heavy atom. The number of fused-ring (bicyclic) bond motifs is 1. The van der Waals surface area contributed by atoms with Crippen molar-refractivity contribution in [3.05, 3.63) is 29.0 Å². The van der Waals surface area contributed by atoms with E-state index in [-0.39, 0.29) is 6.61 Å². The summed E-state index contributed by atoms with van der Waals surface area (Å²) < 4.78 is 1.96. The molecule has 14 heavy (non-hydrogen) atoms. The molecule has 0 radical (unpaired) electrons. The molecule has 74 valence electrons. The molecule has 0 amide bonds. The molecule has 1 aromatic carbocycles. The fourth-order valence-electron chi connectivity index (χ4n) is 1.62. The predicted octanol–water partition coefficient (Wildman–Crippen LogP) is 2.20. The number of aromatic nitrogens is 2. The van der Waals surface area contributed by atoms with E-state index in [4.69, 9.17) is 16.7 Å². The van der Waals surface area contributed by atoms with Gasteiger partial charge in [-0.05, 0) is 25.1 Å². The highest BCUT2D eigenvalue weighted by Gasteiger charge is 2.08. The number of nitrogens with zero attached hydrogens (tertiary/aromatic N) is 2. The summed E-state index contributed by atoms with van der Waals surface area (Å²) >= 11 is 5.90. The highest BCUT2D eigenvalue weighted by molar-refractivity contribution is 6.31. The van der Waals surface area contributed by atoms with Crippen molar-refractivity contribution in [3.63, 3.8) is 0 Å². The number of imidazole rings is 1. The predicted molar refractivity (Wildman–Crippen MR) is 56.3 cm³/mol. The van der Waals surface area contributed by atoms with Crippen molar-refractivity contribution in [2.24, 2.45) is 0 Å². The van der Waals surface area contributed by atoms with Crippen LogP contribution in [0.15, 0.2) is 18.2 Å². The van der Waals surface area contributed by atoms with E-state index >= 15 is 0 Å². The molecule has 1 aromatic heterocycles. The first-order valence-electron chi connectivity index (χ1n) is 4.51. The van der Waals surface area contributed by atoms with Crippen molar-refractivity contribution in [3.8, 4) is 0 Å². The minimum absolute atomic E-state index is 0.0415. The van der Waals surface area contributed by atoms with Crippen LogP contribution in [0.2, 0.25) is 5.02 Å². The minimum Gasteiger partial charge on any atom is -0.388 e. The minimum atomic E-state index is -0.0415. The molecule has 0 fully saturated rings. The summed E-state index contributed by atoms with van der Waals surface area (Å²) in [5.74, 6) is 0.685. The number of benzene rings is 1. The molecule has 0 spiro atoms. The summed E-state index contributed by atoms with van der Waals surface area (Å²) in [5.41, 5.74) is 1.85. The van der Waals surface area contributed by atoms with Crippen LogP contribution in [-0.2, 0) is 13.2 Å². The zero-order chi connectivity index (χ0) is 10.1. The lowest BCUT2D eigenvalue weighted by molar-refractivity contribution is 0.266. The number of hydrogen-bond donors (Lipinski definition) is 1. The van der Waals surface area contributed by atoms with Crippen LogP contribution in [0.4, 0.5) is 0 Å². The molecule has 2 rings (SSSR count). The van der Waals surface area contributed by atoms with Crippen LogP contribution >= 0.6 is 11.6 Å². The SMILES string of the molecule is CCn1c(CO)nc2ccc(Cl)cc21. The van der Waals surface area contributed by atoms with Crippen LogP contribution in [0.3, 0.4) is 0 Å². The van der Waals surface area contributed by atoms with Crippen molar-refractivity contribution < 1.29 is 5.11 Å². The van der Waals surface area contributed by atoms with Crippen LogP contribution in [0.1, 0.15) is 12.7 Å². The first-order valence-corrected chi connectivity index (χ1v) is 4.89. The van der Waals surface area contributed by atoms with Crippen molar-refractivity contribution in [2.45, 2.75) is 20.1 Å². The van der Waals surface area contributed by atoms with Gasteiger partial charge in [-0.1, -0.05) is 11.6 Å². The third-order valence-corrected chi connectivity index (χ3v) is 2.48. The molecule has 0 saturated carbocycles. The molecule has 0 bridgehead atoms. The fraction of sp³-hybridized carbons (Fsp3) is 0.300. The smallest absolute Gasteiger partial charge is 0.135 e. The highest BCUT2D eigenvalue weighted by atomic mass is 35.5. The second kappa shape index (κ2) is 3.59. The number of rotatable bonds is 2. The Kier molecular flexibility index (Phi) is 2.44. The van der Waals surface area contributed by atoms with Gasteiger partial charge in [-0.3, -0.25) is 0 Å². The number of aryl methyl sites for hydroxylation is 1. The summed E-state index contributed by atoms with van der Waals surface area (Å²) in [6.07, 6.45) is 0. The maximum Gasteiger partial charge on any atom is 0.135 e. The van der Waals surface area contributed by atoms with Crippen molar-refractivity contribution >= 4 is 22.6 Å². The van der Waals surface area contributed by atoms with Gasteiger partial charge in [-0.25, -0.2) is 4.98 Å². The Morgan fingerprint density at radius 2 is 2.29 bits per heavy atom. The Hall–Kier alpha value is -1.06. The van der Waals surface area contributed by atoms with Crippen LogP contribution in [-0.4, -0.2) is 14.7 Å². The van der Waals surface area contributed by atoms with E-state index in [2.05, 4.69) is 4.98 Å². The second-order valence-corrected chi connectivity index (χ2v) is 3.50. The van der Waals surface area contributed by atoms with Gasteiger partial charge in [0.2, 0.25) is 0 Å². The van der Waals surface area contributed by atoms with Gasteiger partial charge in [0.25, 0.3) is 0 Å². The molecule has 0 aliphatic heterocycles. The Morgan fingerprint density at radius 3 is 2.93 bits per heavy atom. The first kappa shape index (κ1) is 9.49. The molecular weight excluding hydrogens is 200 g/mol. The van der Waals surface area contributed by atoms with E-state index in [0.29, 0.717) is 10.8 Å². The molecule has 0 atom stereocenters. The molecular formula is C10H11ClN2O. The second-order valence-electron chi connectivity index (χ2n) is 3.06. The molecule has 3 nitrogen and oxygen atoms in total. The van der Waals surface area contributed by atoms with E-state index in [0.717, 1.165) is 17.6 Å². The zero-order valence-corrected chi connectivity index (χ0v) is 8.62. The normalized spacial score (nSPS) is 11.1. The number of halogens is 1. The van der Waals surface area contributed by atoms with Crippen LogP contribution in [0.5, 0.6) is 0 Å². The zero-order valence-electron chi connectivity index (χ0n) is 7.87. The Labute approximate surface area is 86.9 Å². The molecule has 0 aliphatic rings. The van der Waals surface area contributed by atoms with E-state index in [1.807, 2.05) is 23.6 Å². The molecule has 4 heteroatoms. The molecule has 0 unspecified atom stereocenters. The number of aliphatic hydroxyl groups excluding tert-OH is 1. The van der Waals surface area contributed by atoms with Crippen LogP contribution < -0.4 is 0 Å². The molecule has 2 aromatic rings. The Balaban J connectivity index is 2.74. The first-order chi connectivity index (χ1) is 6.76. The largest absolute Gasteiger partial charge is 0.388 e. The van der Waals surface area contributed by atoms with Gasteiger partial charge in [0.15, 0.2) is 0 Å². The van der Waals surface area contributed by atoms with E-state index in [1.54, 1.807) is 6.07 Å². The Bertz CT molecular complexity index is 464. The van der Waals surface area contributed by atoms with E-state index < -0.39 is 0 Å². The van der Waals surface area contributed by atoms with Gasteiger partial charge in [0.1, 0.15) is 12.4 Å². The van der Waals surface area contributed by atoms with Crippen molar-refractivity contribution in [2.75, 3.05) is 0 Å². The van der Waals surface area contributed by atoms with Crippen molar-refractivity contribution in [1.82, 2.24) is 9.55 Å². The van der Waals surface area contributed by atoms with Crippen LogP contribution in [0.25, 0.3) is 11.0 Å². The third kappa shape index (κ3) is 1.38. The van der Waals surface area contributed by atoms with E-state index in [1.165, 1.54) is 0 Å². The summed E-state index contributed by atoms with van der Waals surface area (Å²) in [7, 11) is 0. The van der Waals surface area contributed by atoms with Gasteiger partial charge in [-0.2, -0.15) is 0 Å². The van der Waals surface area contributed by atoms with Gasteiger partial charge in [0.05, 0.1) is 11.0 Å². The van der Waals surface area contributed by atoms with Gasteiger partial charge in [-0.15, -0.1) is 0 Å². The average molecular weight is 211 g/mol. The highest BCUT2D eigenvalue weighted by Crippen LogP contribution is 2.20. The van der Waals surface area contributed by atoms with Gasteiger partial charge < -0.3 is 9.67 Å². The van der Waals surface area contributed by atoms with E-state index in [9.17, 15) is 0 Å². The number of hydrogen-bond acceptors (Lipinski definition) is 2. The standard InChI is InChI=1S/C10H11ClN2O/c1-2-13-9-5-7(11)3-4-8(9)12-10(13)6-14/h3-5,14H,2,6H2,1H3.